The number of para-hydroxylation sites is 4. The number of benzene rings is 7. The van der Waals surface area contributed by atoms with Crippen molar-refractivity contribution >= 4 is 65.5 Å². The van der Waals surface area contributed by atoms with Gasteiger partial charge < -0.3 is 0 Å². The first-order valence-electron chi connectivity index (χ1n) is 20.1. The van der Waals surface area contributed by atoms with Gasteiger partial charge in [0, 0.05) is 0 Å². The molecule has 0 amide bonds. The first kappa shape index (κ1) is 25.2. The molecule has 0 atom stereocenters. The van der Waals surface area contributed by atoms with E-state index in [1.807, 2.05) is 94.7 Å². The Bertz CT molecular complexity index is 2620. The Morgan fingerprint density at radius 1 is 0.462 bits per heavy atom. The van der Waals surface area contributed by atoms with Crippen LogP contribution in [0.4, 0.5) is 34.1 Å². The summed E-state index contributed by atoms with van der Waals surface area (Å²) in [5.74, 6) is 0. The molecule has 3 aliphatic rings. The molecule has 0 fully saturated rings. The van der Waals surface area contributed by atoms with Gasteiger partial charge in [-0.1, -0.05) is 0 Å². The monoisotopic (exact) mass is 853 g/mol. The first-order valence-corrected chi connectivity index (χ1v) is 19.3. The Hall–Kier alpha value is -5.77. The van der Waals surface area contributed by atoms with E-state index in [4.69, 9.17) is 8.22 Å². The van der Waals surface area contributed by atoms with Crippen LogP contribution in [0.2, 0.25) is 0 Å². The van der Waals surface area contributed by atoms with Gasteiger partial charge in [0.15, 0.2) is 0 Å². The van der Waals surface area contributed by atoms with Crippen LogP contribution in [0.5, 0.6) is 0 Å². The summed E-state index contributed by atoms with van der Waals surface area (Å²) < 4.78 is 54.4. The number of hydrogen-bond acceptors (Lipinski definition) is 4. The molecule has 3 aliphatic heterocycles. The van der Waals surface area contributed by atoms with E-state index in [0.717, 1.165) is 38.6 Å². The van der Waals surface area contributed by atoms with Crippen molar-refractivity contribution in [3.63, 3.8) is 0 Å². The molecule has 7 aromatic carbocycles. The summed E-state index contributed by atoms with van der Waals surface area (Å²) in [4.78, 5) is 6.82. The molecular weight excluding hydrogens is 814 g/mol. The van der Waals surface area contributed by atoms with Gasteiger partial charge in [0.05, 0.1) is 0 Å². The summed E-state index contributed by atoms with van der Waals surface area (Å²) in [5, 5.41) is 0. The van der Waals surface area contributed by atoms with E-state index in [-0.39, 0.29) is 0 Å². The first-order chi connectivity index (χ1) is 28.1. The van der Waals surface area contributed by atoms with Gasteiger partial charge in [0.2, 0.25) is 0 Å². The van der Waals surface area contributed by atoms with Gasteiger partial charge in [-0.05, 0) is 0 Å². The maximum atomic E-state index is 8.91. The molecule has 6 heteroatoms. The fourth-order valence-electron chi connectivity index (χ4n) is 7.54. The Morgan fingerprint density at radius 3 is 1.35 bits per heavy atom. The van der Waals surface area contributed by atoms with Crippen molar-refractivity contribution in [1.29, 1.82) is 0 Å². The summed E-state index contributed by atoms with van der Waals surface area (Å²) in [6.45, 7) is -5.57. The second-order valence-corrected chi connectivity index (χ2v) is 15.4. The topological polar surface area (TPSA) is 13.0 Å². The fraction of sp³-hybridized carbons (Fsp3) is 0.0435. The van der Waals surface area contributed by atoms with Crippen LogP contribution in [0.15, 0.2) is 164 Å². The van der Waals surface area contributed by atoms with Crippen molar-refractivity contribution in [1.82, 2.24) is 0 Å². The van der Waals surface area contributed by atoms with Crippen LogP contribution in [0, 0.1) is 12.1 Å². The van der Waals surface area contributed by atoms with Crippen molar-refractivity contribution in [2.75, 3.05) is 33.6 Å². The van der Waals surface area contributed by atoms with Crippen LogP contribution >= 0.6 is 0 Å². The third kappa shape index (κ3) is 4.87. The summed E-state index contributed by atoms with van der Waals surface area (Å²) >= 11 is -1.58. The quantitative estimate of drug-likeness (QED) is 0.134. The predicted molar refractivity (Wildman–Crippen MR) is 217 cm³/mol. The van der Waals surface area contributed by atoms with Crippen molar-refractivity contribution in [2.45, 2.75) is 0 Å². The average Bonchev–Trinajstić information content (AvgIpc) is 3.74. The number of nitrogens with zero attached hydrogens (tertiary/aromatic N) is 4. The van der Waals surface area contributed by atoms with Gasteiger partial charge in [-0.25, -0.2) is 0 Å². The Morgan fingerprint density at radius 2 is 0.885 bits per heavy atom. The zero-order valence-corrected chi connectivity index (χ0v) is 30.0. The number of rotatable bonds is 3. The minimum absolute atomic E-state index is 0.416. The molecule has 0 N–H and O–H groups in total. The van der Waals surface area contributed by atoms with Gasteiger partial charge in [-0.3, -0.25) is 0 Å². The molecular formula is C46H33BN4Pt-2. The molecule has 0 aromatic heterocycles. The molecule has 7 aromatic rings. The molecule has 252 valence electrons. The van der Waals surface area contributed by atoms with E-state index in [1.165, 1.54) is 9.80 Å². The van der Waals surface area contributed by atoms with Crippen LogP contribution in [-0.2, 0) is 17.6 Å². The van der Waals surface area contributed by atoms with Crippen LogP contribution in [0.25, 0.3) is 22.3 Å². The van der Waals surface area contributed by atoms with Gasteiger partial charge >= 0.3 is 323 Å². The number of anilines is 6. The molecule has 4 bridgehead atoms. The zero-order chi connectivity index (χ0) is 39.8. The second-order valence-electron chi connectivity index (χ2n) is 12.8. The summed E-state index contributed by atoms with van der Waals surface area (Å²) in [6.07, 6.45) is 0. The molecule has 0 aliphatic carbocycles. The molecule has 4 nitrogen and oxygen atoms in total. The van der Waals surface area contributed by atoms with E-state index >= 15 is 0 Å². The van der Waals surface area contributed by atoms with Crippen LogP contribution < -0.4 is 36.0 Å². The predicted octanol–water partition coefficient (Wildman–Crippen LogP) is 7.58. The van der Waals surface area contributed by atoms with Crippen LogP contribution in [-0.4, -0.2) is 29.0 Å². The summed E-state index contributed by atoms with van der Waals surface area (Å²) in [7, 11) is 0. The third-order valence-corrected chi connectivity index (χ3v) is 12.9. The van der Waals surface area contributed by atoms with E-state index in [1.54, 1.807) is 0 Å². The zero-order valence-electron chi connectivity index (χ0n) is 33.8. The normalized spacial score (nSPS) is 16.7. The van der Waals surface area contributed by atoms with Gasteiger partial charge in [-0.15, -0.1) is 0 Å². The van der Waals surface area contributed by atoms with E-state index in [2.05, 4.69) is 91.0 Å². The molecule has 10 rings (SSSR count). The van der Waals surface area contributed by atoms with E-state index in [0.29, 0.717) is 42.4 Å². The average molecular weight is 854 g/mol. The summed E-state index contributed by atoms with van der Waals surface area (Å²) in [5.41, 5.74) is 10.8. The number of hydrogen-bond donors (Lipinski definition) is 0. The Balaban J connectivity index is 1.36. The molecule has 52 heavy (non-hydrogen) atoms. The molecule has 0 saturated carbocycles. The standard InChI is InChI=1S/C46H33BN4.Pt/c1-48-32-50(44-28-11-9-26-42(44)48)38-22-13-20-36(30-38)47(37-21-14-23-39(31-37)51-33-49(2)43-27-10-12-29-45(43)51)46-40(34-16-5-3-6-17-34)24-15-25-41(46)35-18-7-4-8-19-35;/h3-29H,1-2H3;/q-2;/i1D3,2D3;. The SMILES string of the molecule is [2H]C([2H])([2H])N1[C]2=[Pt]=[C]3N(c4[c-]c(ccc4)B(c4c(-c5ccccc5)cccc4-c4ccccc4)c4[c-]c(ccc4)N2c2ccccc21)c1ccccc1N3C([2H])([2H])[2H]. The summed E-state index contributed by atoms with van der Waals surface area (Å²) in [6, 6.07) is 62.0. The molecule has 0 saturated heterocycles. The van der Waals surface area contributed by atoms with Gasteiger partial charge in [-0.2, -0.15) is 0 Å². The van der Waals surface area contributed by atoms with Crippen LogP contribution in [0.3, 0.4) is 0 Å². The Labute approximate surface area is 321 Å². The van der Waals surface area contributed by atoms with E-state index < -0.39 is 38.3 Å². The second kappa shape index (κ2) is 12.5. The third-order valence-electron chi connectivity index (χ3n) is 9.82. The minimum atomic E-state index is -2.58. The maximum absolute atomic E-state index is 8.91. The van der Waals surface area contributed by atoms with Crippen molar-refractivity contribution in [2.24, 2.45) is 0 Å². The van der Waals surface area contributed by atoms with Crippen molar-refractivity contribution < 1.29 is 25.9 Å². The molecule has 0 spiro atoms. The molecule has 0 radical (unpaired) electrons. The Kier molecular flexibility index (Phi) is 6.05. The van der Waals surface area contributed by atoms with Crippen molar-refractivity contribution in [3.05, 3.63) is 176 Å². The molecule has 3 heterocycles. The van der Waals surface area contributed by atoms with Crippen LogP contribution in [0.1, 0.15) is 8.22 Å². The van der Waals surface area contributed by atoms with Gasteiger partial charge in [0.1, 0.15) is 0 Å². The van der Waals surface area contributed by atoms with E-state index in [9.17, 15) is 0 Å². The molecule has 0 unspecified atom stereocenters. The number of fused-ring (bicyclic) bond motifs is 12. The van der Waals surface area contributed by atoms with Gasteiger partial charge in [0.25, 0.3) is 0 Å². The van der Waals surface area contributed by atoms with Crippen molar-refractivity contribution in [3.8, 4) is 22.3 Å². The fourth-order valence-corrected chi connectivity index (χ4v) is 10.7.